The number of ether oxygens (including phenoxy) is 1. The van der Waals surface area contributed by atoms with Gasteiger partial charge in [-0.3, -0.25) is 14.3 Å². The van der Waals surface area contributed by atoms with Crippen LogP contribution in [-0.4, -0.2) is 61.6 Å². The molecule has 2 atom stereocenters. The summed E-state index contributed by atoms with van der Waals surface area (Å²) in [7, 11) is 0. The minimum absolute atomic E-state index is 0.0652. The van der Waals surface area contributed by atoms with Gasteiger partial charge in [-0.05, 0) is 26.0 Å². The zero-order chi connectivity index (χ0) is 18.5. The van der Waals surface area contributed by atoms with Gasteiger partial charge in [0, 0.05) is 37.6 Å². The van der Waals surface area contributed by atoms with Crippen molar-refractivity contribution in [1.29, 1.82) is 0 Å². The lowest BCUT2D eigenvalue weighted by Crippen LogP contribution is -2.48. The molecule has 8 heteroatoms. The molecule has 1 fully saturated rings. The van der Waals surface area contributed by atoms with Crippen LogP contribution in [0.5, 0.6) is 0 Å². The van der Waals surface area contributed by atoms with Gasteiger partial charge in [0.2, 0.25) is 5.91 Å². The minimum atomic E-state index is 0.0652. The first-order chi connectivity index (χ1) is 12.6. The van der Waals surface area contributed by atoms with Crippen molar-refractivity contribution in [3.05, 3.63) is 37.2 Å². The summed E-state index contributed by atoms with van der Waals surface area (Å²) in [5.41, 5.74) is 0.934. The van der Waals surface area contributed by atoms with Crippen molar-refractivity contribution >= 4 is 17.7 Å². The lowest BCUT2D eigenvalue weighted by Gasteiger charge is -2.35. The Morgan fingerprint density at radius 3 is 2.65 bits per heavy atom. The zero-order valence-corrected chi connectivity index (χ0v) is 15.9. The van der Waals surface area contributed by atoms with Gasteiger partial charge in [0.1, 0.15) is 0 Å². The van der Waals surface area contributed by atoms with Crippen molar-refractivity contribution < 1.29 is 9.53 Å². The number of hydrogen-bond acceptors (Lipinski definition) is 6. The van der Waals surface area contributed by atoms with E-state index in [-0.39, 0.29) is 18.1 Å². The number of thioether (sulfide) groups is 1. The summed E-state index contributed by atoms with van der Waals surface area (Å²) in [5, 5.41) is 9.27. The molecule has 1 saturated heterocycles. The first-order valence-electron chi connectivity index (χ1n) is 8.59. The average molecular weight is 373 g/mol. The molecular formula is C18H23N5O2S. The van der Waals surface area contributed by atoms with Gasteiger partial charge in [0.05, 0.1) is 18.0 Å². The van der Waals surface area contributed by atoms with Crippen LogP contribution in [0.15, 0.2) is 42.3 Å². The molecule has 0 saturated carbocycles. The highest BCUT2D eigenvalue weighted by atomic mass is 32.2. The third-order valence-electron chi connectivity index (χ3n) is 4.06. The van der Waals surface area contributed by atoms with E-state index in [1.807, 2.05) is 35.4 Å². The summed E-state index contributed by atoms with van der Waals surface area (Å²) in [5.74, 6) is 1.16. The van der Waals surface area contributed by atoms with Crippen molar-refractivity contribution in [3.8, 4) is 11.4 Å². The van der Waals surface area contributed by atoms with Crippen molar-refractivity contribution in [2.45, 2.75) is 37.8 Å². The predicted octanol–water partition coefficient (Wildman–Crippen LogP) is 2.25. The van der Waals surface area contributed by atoms with Crippen LogP contribution >= 0.6 is 11.8 Å². The maximum Gasteiger partial charge on any atom is 0.233 e. The first-order valence-corrected chi connectivity index (χ1v) is 9.57. The molecule has 3 heterocycles. The molecule has 3 rings (SSSR count). The highest BCUT2D eigenvalue weighted by molar-refractivity contribution is 7.99. The van der Waals surface area contributed by atoms with Crippen molar-refractivity contribution in [3.63, 3.8) is 0 Å². The van der Waals surface area contributed by atoms with Crippen LogP contribution in [0.1, 0.15) is 13.8 Å². The third kappa shape index (κ3) is 4.31. The van der Waals surface area contributed by atoms with Crippen LogP contribution in [0, 0.1) is 0 Å². The number of carbonyl (C=O) groups excluding carboxylic acids is 1. The summed E-state index contributed by atoms with van der Waals surface area (Å²) in [4.78, 5) is 18.5. The number of allylic oxidation sites excluding steroid dienone is 1. The number of carbonyl (C=O) groups is 1. The van der Waals surface area contributed by atoms with Gasteiger partial charge in [-0.2, -0.15) is 0 Å². The quantitative estimate of drug-likeness (QED) is 0.571. The Morgan fingerprint density at radius 2 is 2.00 bits per heavy atom. The van der Waals surface area contributed by atoms with E-state index < -0.39 is 0 Å². The molecule has 7 nitrogen and oxygen atoms in total. The molecule has 0 N–H and O–H groups in total. The molecule has 0 bridgehead atoms. The fourth-order valence-corrected chi connectivity index (χ4v) is 3.85. The normalized spacial score (nSPS) is 20.2. The second-order valence-electron chi connectivity index (χ2n) is 6.29. The molecule has 2 aromatic rings. The predicted molar refractivity (Wildman–Crippen MR) is 101 cm³/mol. The standard InChI is InChI=1S/C18H23N5O2S/c1-4-9-23-17(15-5-7-19-8-6-15)20-21-18(23)26-12-16(24)22-10-13(2)25-14(3)11-22/h4-8,13-14H,1,9-12H2,2-3H3/t13-,14+. The second kappa shape index (κ2) is 8.46. The van der Waals surface area contributed by atoms with Gasteiger partial charge in [0.25, 0.3) is 0 Å². The molecule has 0 radical (unpaired) electrons. The Morgan fingerprint density at radius 1 is 1.31 bits per heavy atom. The second-order valence-corrected chi connectivity index (χ2v) is 7.23. The maximum absolute atomic E-state index is 12.6. The largest absolute Gasteiger partial charge is 0.372 e. The van der Waals surface area contributed by atoms with Gasteiger partial charge in [-0.1, -0.05) is 17.8 Å². The summed E-state index contributed by atoms with van der Waals surface area (Å²) in [6, 6.07) is 3.78. The fourth-order valence-electron chi connectivity index (χ4n) is 3.00. The van der Waals surface area contributed by atoms with Gasteiger partial charge in [-0.15, -0.1) is 16.8 Å². The first kappa shape index (κ1) is 18.6. The van der Waals surface area contributed by atoms with Crippen molar-refractivity contribution in [2.24, 2.45) is 0 Å². The molecule has 0 unspecified atom stereocenters. The summed E-state index contributed by atoms with van der Waals surface area (Å²) in [6.07, 6.45) is 5.37. The van der Waals surface area contributed by atoms with Crippen LogP contribution in [0.25, 0.3) is 11.4 Å². The van der Waals surface area contributed by atoms with E-state index in [1.54, 1.807) is 18.5 Å². The Kier molecular flexibility index (Phi) is 6.05. The van der Waals surface area contributed by atoms with E-state index >= 15 is 0 Å². The number of pyridine rings is 1. The Labute approximate surface area is 157 Å². The summed E-state index contributed by atoms with van der Waals surface area (Å²) >= 11 is 1.40. The number of aromatic nitrogens is 4. The molecule has 138 valence electrons. The van der Waals surface area contributed by atoms with Crippen LogP contribution in [-0.2, 0) is 16.1 Å². The molecule has 26 heavy (non-hydrogen) atoms. The fraction of sp³-hybridized carbons (Fsp3) is 0.444. The van der Waals surface area contributed by atoms with E-state index in [2.05, 4.69) is 21.8 Å². The number of nitrogens with zero attached hydrogens (tertiary/aromatic N) is 5. The van der Waals surface area contributed by atoms with Gasteiger partial charge in [0.15, 0.2) is 11.0 Å². The van der Waals surface area contributed by atoms with Crippen LogP contribution in [0.2, 0.25) is 0 Å². The van der Waals surface area contributed by atoms with E-state index in [4.69, 9.17) is 4.74 Å². The number of morpholine rings is 1. The topological polar surface area (TPSA) is 73.1 Å². The number of rotatable bonds is 6. The monoisotopic (exact) mass is 373 g/mol. The highest BCUT2D eigenvalue weighted by Gasteiger charge is 2.26. The number of amides is 1. The van der Waals surface area contributed by atoms with Gasteiger partial charge < -0.3 is 9.64 Å². The summed E-state index contributed by atoms with van der Waals surface area (Å²) in [6.45, 7) is 9.63. The van der Waals surface area contributed by atoms with E-state index in [0.29, 0.717) is 30.5 Å². The van der Waals surface area contributed by atoms with Gasteiger partial charge >= 0.3 is 0 Å². The highest BCUT2D eigenvalue weighted by Crippen LogP contribution is 2.24. The van der Waals surface area contributed by atoms with Crippen LogP contribution < -0.4 is 0 Å². The van der Waals surface area contributed by atoms with E-state index in [0.717, 1.165) is 11.4 Å². The lowest BCUT2D eigenvalue weighted by molar-refractivity contribution is -0.140. The third-order valence-corrected chi connectivity index (χ3v) is 5.02. The molecule has 0 aliphatic carbocycles. The molecule has 1 aliphatic rings. The lowest BCUT2D eigenvalue weighted by atomic mass is 10.2. The molecule has 0 spiro atoms. The molecule has 1 aliphatic heterocycles. The summed E-state index contributed by atoms with van der Waals surface area (Å²) < 4.78 is 7.65. The Balaban J connectivity index is 1.71. The van der Waals surface area contributed by atoms with Crippen molar-refractivity contribution in [1.82, 2.24) is 24.6 Å². The van der Waals surface area contributed by atoms with Crippen molar-refractivity contribution in [2.75, 3.05) is 18.8 Å². The average Bonchev–Trinajstić information content (AvgIpc) is 3.02. The smallest absolute Gasteiger partial charge is 0.233 e. The molecular weight excluding hydrogens is 350 g/mol. The molecule has 2 aromatic heterocycles. The Hall–Kier alpha value is -2.19. The SMILES string of the molecule is C=CCn1c(SCC(=O)N2C[C@@H](C)O[C@@H](C)C2)nnc1-c1ccncc1. The van der Waals surface area contributed by atoms with Gasteiger partial charge in [-0.25, -0.2) is 0 Å². The Bertz CT molecular complexity index is 754. The maximum atomic E-state index is 12.6. The van der Waals surface area contributed by atoms with E-state index in [1.165, 1.54) is 11.8 Å². The number of hydrogen-bond donors (Lipinski definition) is 0. The molecule has 1 amide bonds. The zero-order valence-electron chi connectivity index (χ0n) is 15.0. The minimum Gasteiger partial charge on any atom is -0.372 e. The molecule has 0 aromatic carbocycles. The van der Waals surface area contributed by atoms with Crippen LogP contribution in [0.3, 0.4) is 0 Å². The van der Waals surface area contributed by atoms with E-state index in [9.17, 15) is 4.79 Å². The van der Waals surface area contributed by atoms with Crippen LogP contribution in [0.4, 0.5) is 0 Å².